The third kappa shape index (κ3) is 8.34. The van der Waals surface area contributed by atoms with Gasteiger partial charge in [-0.3, -0.25) is 14.6 Å². The van der Waals surface area contributed by atoms with E-state index >= 15 is 0 Å². The largest absolute Gasteiger partial charge is 0.302 e. The maximum Gasteiger partial charge on any atom is 0.245 e. The van der Waals surface area contributed by atoms with E-state index in [2.05, 4.69) is 34.5 Å². The van der Waals surface area contributed by atoms with Crippen molar-refractivity contribution in [1.29, 1.82) is 0 Å². The van der Waals surface area contributed by atoms with Gasteiger partial charge in [-0.15, -0.1) is 0 Å². The zero-order valence-electron chi connectivity index (χ0n) is 21.5. The van der Waals surface area contributed by atoms with Gasteiger partial charge >= 0.3 is 0 Å². The van der Waals surface area contributed by atoms with Gasteiger partial charge in [-0.1, -0.05) is 97.1 Å². The van der Waals surface area contributed by atoms with E-state index in [9.17, 15) is 14.4 Å². The van der Waals surface area contributed by atoms with Crippen molar-refractivity contribution in [2.45, 2.75) is 6.04 Å². The van der Waals surface area contributed by atoms with E-state index in [0.717, 1.165) is 23.9 Å². The lowest BCUT2D eigenvalue weighted by atomic mass is 9.97. The number of amides is 1. The number of carbonyl (C=O) groups excluding carboxylic acids is 3. The second kappa shape index (κ2) is 15.7. The van der Waals surface area contributed by atoms with Crippen molar-refractivity contribution in [3.05, 3.63) is 132 Å². The summed E-state index contributed by atoms with van der Waals surface area (Å²) in [5.41, 5.74) is 4.01. The molecular formula is C32H33N3O3. The lowest BCUT2D eigenvalue weighted by Crippen LogP contribution is -2.35. The van der Waals surface area contributed by atoms with Crippen molar-refractivity contribution < 1.29 is 14.4 Å². The number of nitrogens with one attached hydrogen (secondary N) is 1. The molecule has 0 aliphatic rings. The predicted octanol–water partition coefficient (Wildman–Crippen LogP) is 5.05. The lowest BCUT2D eigenvalue weighted by molar-refractivity contribution is -0.117. The first-order valence-electron chi connectivity index (χ1n) is 12.5. The number of carbonyl (C=O) groups is 3. The van der Waals surface area contributed by atoms with E-state index in [0.29, 0.717) is 6.54 Å². The van der Waals surface area contributed by atoms with Gasteiger partial charge < -0.3 is 14.9 Å². The topological polar surface area (TPSA) is 69.7 Å². The molecule has 0 fully saturated rings. The minimum atomic E-state index is -0.107. The molecule has 0 bridgehead atoms. The summed E-state index contributed by atoms with van der Waals surface area (Å²) in [5, 5.41) is 2.80. The molecule has 194 valence electrons. The molecule has 0 saturated heterocycles. The van der Waals surface area contributed by atoms with Gasteiger partial charge in [0.15, 0.2) is 0 Å². The standard InChI is InChI=1S/C16H16N2O2.C16H17NO/c19-12-11-17-13-16(20)18(14-7-3-1-4-8-14)15-9-5-2-6-10-15;1-17(12-13-18)16(14-8-4-2-5-9-14)15-10-6-3-7-11-15/h1-10,12,17H,11,13H2;2-11,13,16H,12H2,1H3. The molecule has 0 unspecified atom stereocenters. The number of likely N-dealkylation sites (N-methyl/N-ethyl adjacent to an activating group) is 1. The summed E-state index contributed by atoms with van der Waals surface area (Å²) in [5.74, 6) is -0.107. The molecule has 6 nitrogen and oxygen atoms in total. The van der Waals surface area contributed by atoms with Crippen LogP contribution in [-0.2, 0) is 14.4 Å². The van der Waals surface area contributed by atoms with Gasteiger partial charge in [0.1, 0.15) is 12.6 Å². The van der Waals surface area contributed by atoms with Crippen LogP contribution in [0.3, 0.4) is 0 Å². The number of nitrogens with zero attached hydrogens (tertiary/aromatic N) is 2. The molecule has 38 heavy (non-hydrogen) atoms. The van der Waals surface area contributed by atoms with Crippen LogP contribution in [0.4, 0.5) is 11.4 Å². The highest BCUT2D eigenvalue weighted by Gasteiger charge is 2.18. The summed E-state index contributed by atoms with van der Waals surface area (Å²) in [7, 11) is 1.97. The van der Waals surface area contributed by atoms with Gasteiger partial charge in [0.25, 0.3) is 0 Å². The first-order valence-corrected chi connectivity index (χ1v) is 12.5. The highest BCUT2D eigenvalue weighted by molar-refractivity contribution is 6.01. The van der Waals surface area contributed by atoms with Crippen molar-refractivity contribution in [1.82, 2.24) is 10.2 Å². The summed E-state index contributed by atoms with van der Waals surface area (Å²) in [6.45, 7) is 0.708. The summed E-state index contributed by atoms with van der Waals surface area (Å²) < 4.78 is 0. The molecule has 0 aliphatic carbocycles. The molecule has 0 atom stereocenters. The van der Waals surface area contributed by atoms with Gasteiger partial charge in [-0.2, -0.15) is 0 Å². The van der Waals surface area contributed by atoms with E-state index in [1.807, 2.05) is 104 Å². The molecule has 1 N–H and O–H groups in total. The maximum absolute atomic E-state index is 12.4. The zero-order chi connectivity index (χ0) is 27.0. The number of hydrogen-bond donors (Lipinski definition) is 1. The second-order valence-corrected chi connectivity index (χ2v) is 8.53. The lowest BCUT2D eigenvalue weighted by Gasteiger charge is -2.27. The number of benzene rings is 4. The van der Waals surface area contributed by atoms with Crippen molar-refractivity contribution in [3.8, 4) is 0 Å². The van der Waals surface area contributed by atoms with Gasteiger partial charge in [0, 0.05) is 11.4 Å². The molecule has 4 rings (SSSR count). The van der Waals surface area contributed by atoms with E-state index in [-0.39, 0.29) is 25.0 Å². The van der Waals surface area contributed by atoms with Crippen LogP contribution >= 0.6 is 0 Å². The molecule has 0 aliphatic heterocycles. The fraction of sp³-hybridized carbons (Fsp3) is 0.156. The summed E-state index contributed by atoms with van der Waals surface area (Å²) >= 11 is 0. The smallest absolute Gasteiger partial charge is 0.245 e. The average molecular weight is 508 g/mol. The first-order chi connectivity index (χ1) is 18.7. The minimum absolute atomic E-state index is 0.107. The molecule has 0 saturated carbocycles. The van der Waals surface area contributed by atoms with Gasteiger partial charge in [0.05, 0.1) is 25.7 Å². The maximum atomic E-state index is 12.4. The van der Waals surface area contributed by atoms with Gasteiger partial charge in [-0.25, -0.2) is 0 Å². The second-order valence-electron chi connectivity index (χ2n) is 8.53. The molecule has 0 aromatic heterocycles. The van der Waals surface area contributed by atoms with E-state index in [1.54, 1.807) is 4.90 Å². The molecule has 4 aromatic rings. The van der Waals surface area contributed by atoms with Crippen LogP contribution in [0.2, 0.25) is 0 Å². The number of anilines is 2. The monoisotopic (exact) mass is 507 g/mol. The Morgan fingerprint density at radius 1 is 0.684 bits per heavy atom. The minimum Gasteiger partial charge on any atom is -0.302 e. The number of hydrogen-bond acceptors (Lipinski definition) is 5. The van der Waals surface area contributed by atoms with E-state index in [4.69, 9.17) is 0 Å². The average Bonchev–Trinajstić information content (AvgIpc) is 2.96. The fourth-order valence-electron chi connectivity index (χ4n) is 4.10. The Balaban J connectivity index is 0.000000212. The van der Waals surface area contributed by atoms with Gasteiger partial charge in [0.2, 0.25) is 5.91 Å². The van der Waals surface area contributed by atoms with E-state index < -0.39 is 0 Å². The fourth-order valence-corrected chi connectivity index (χ4v) is 4.10. The molecule has 6 heteroatoms. The first kappa shape index (κ1) is 28.2. The highest BCUT2D eigenvalue weighted by atomic mass is 16.2. The van der Waals surface area contributed by atoms with Crippen LogP contribution in [0.1, 0.15) is 17.2 Å². The Kier molecular flexibility index (Phi) is 11.6. The Morgan fingerprint density at radius 3 is 1.50 bits per heavy atom. The summed E-state index contributed by atoms with van der Waals surface area (Å²) in [6, 6.07) is 39.5. The third-order valence-electron chi connectivity index (χ3n) is 5.82. The Morgan fingerprint density at radius 2 is 1.11 bits per heavy atom. The van der Waals surface area contributed by atoms with Gasteiger partial charge in [-0.05, 0) is 42.4 Å². The number of para-hydroxylation sites is 2. The number of rotatable bonds is 11. The van der Waals surface area contributed by atoms with Crippen molar-refractivity contribution in [3.63, 3.8) is 0 Å². The zero-order valence-corrected chi connectivity index (χ0v) is 21.5. The predicted molar refractivity (Wildman–Crippen MR) is 152 cm³/mol. The molecule has 0 heterocycles. The van der Waals surface area contributed by atoms with Crippen LogP contribution in [0, 0.1) is 0 Å². The Bertz CT molecular complexity index is 1160. The Hall–Kier alpha value is -4.39. The quantitative estimate of drug-likeness (QED) is 0.227. The van der Waals surface area contributed by atoms with Crippen LogP contribution in [-0.4, -0.2) is 50.1 Å². The molecule has 0 spiro atoms. The van der Waals surface area contributed by atoms with Crippen LogP contribution in [0.15, 0.2) is 121 Å². The van der Waals surface area contributed by atoms with Crippen molar-refractivity contribution in [2.24, 2.45) is 0 Å². The SMILES string of the molecule is CN(CC=O)C(c1ccccc1)c1ccccc1.O=CCNCC(=O)N(c1ccccc1)c1ccccc1. The molecule has 4 aromatic carbocycles. The summed E-state index contributed by atoms with van der Waals surface area (Å²) in [6.07, 6.45) is 1.68. The normalized spacial score (nSPS) is 10.4. The highest BCUT2D eigenvalue weighted by Crippen LogP contribution is 2.27. The van der Waals surface area contributed by atoms with Crippen LogP contribution in [0.5, 0.6) is 0 Å². The molecule has 0 radical (unpaired) electrons. The molecular weight excluding hydrogens is 474 g/mol. The van der Waals surface area contributed by atoms with E-state index in [1.165, 1.54) is 11.1 Å². The molecule has 1 amide bonds. The van der Waals surface area contributed by atoms with Crippen molar-refractivity contribution in [2.75, 3.05) is 31.6 Å². The van der Waals surface area contributed by atoms with Crippen molar-refractivity contribution >= 4 is 29.9 Å². The number of aldehydes is 2. The summed E-state index contributed by atoms with van der Waals surface area (Å²) in [4.78, 5) is 37.1. The van der Waals surface area contributed by atoms with Crippen LogP contribution in [0.25, 0.3) is 0 Å². The Labute approximate surface area is 224 Å². The van der Waals surface area contributed by atoms with Crippen LogP contribution < -0.4 is 10.2 Å². The third-order valence-corrected chi connectivity index (χ3v) is 5.82.